The molecule has 0 unspecified atom stereocenters. The van der Waals surface area contributed by atoms with Crippen molar-refractivity contribution in [3.63, 3.8) is 0 Å². The van der Waals surface area contributed by atoms with Crippen molar-refractivity contribution in [3.05, 3.63) is 99.4 Å². The average Bonchev–Trinajstić information content (AvgIpc) is 2.84. The third-order valence-electron chi connectivity index (χ3n) is 4.79. The summed E-state index contributed by atoms with van der Waals surface area (Å²) in [6.45, 7) is 2.65. The van der Waals surface area contributed by atoms with Gasteiger partial charge in [0.2, 0.25) is 11.2 Å². The summed E-state index contributed by atoms with van der Waals surface area (Å²) in [5.41, 5.74) is 1.45. The molecule has 4 rings (SSSR count). The zero-order valence-electron chi connectivity index (χ0n) is 17.9. The molecule has 0 amide bonds. The third-order valence-corrected chi connectivity index (χ3v) is 5.04. The standard InChI is InChI=1S/C26H21ClO6/c1-2-13-30-26(29)18-5-9-20(10-6-18)33-24-16-32-23-14-21(11-12-22(23)25(24)28)31-15-17-3-7-19(27)8-4-17/h3-12,14,16H,2,13,15H2,1H3. The molecule has 33 heavy (non-hydrogen) atoms. The molecule has 168 valence electrons. The molecular weight excluding hydrogens is 444 g/mol. The minimum atomic E-state index is -0.400. The van der Waals surface area contributed by atoms with Crippen LogP contribution in [-0.2, 0) is 11.3 Å². The Balaban J connectivity index is 1.46. The van der Waals surface area contributed by atoms with E-state index in [9.17, 15) is 9.59 Å². The van der Waals surface area contributed by atoms with Crippen LogP contribution in [0.1, 0.15) is 29.3 Å². The Hall–Kier alpha value is -3.77. The number of esters is 1. The minimum Gasteiger partial charge on any atom is -0.489 e. The van der Waals surface area contributed by atoms with Crippen LogP contribution in [0.15, 0.2) is 82.2 Å². The minimum absolute atomic E-state index is 0.0404. The van der Waals surface area contributed by atoms with Gasteiger partial charge in [-0.25, -0.2) is 4.79 Å². The summed E-state index contributed by atoms with van der Waals surface area (Å²) in [5, 5.41) is 1.03. The van der Waals surface area contributed by atoms with Crippen LogP contribution in [0.25, 0.3) is 11.0 Å². The van der Waals surface area contributed by atoms with Crippen LogP contribution in [-0.4, -0.2) is 12.6 Å². The molecule has 0 fully saturated rings. The van der Waals surface area contributed by atoms with Gasteiger partial charge in [-0.3, -0.25) is 4.79 Å². The number of fused-ring (bicyclic) bond motifs is 1. The molecule has 1 aromatic heterocycles. The largest absolute Gasteiger partial charge is 0.489 e. The van der Waals surface area contributed by atoms with Gasteiger partial charge in [0.25, 0.3) is 0 Å². The molecule has 0 atom stereocenters. The van der Waals surface area contributed by atoms with Crippen molar-refractivity contribution in [2.24, 2.45) is 0 Å². The van der Waals surface area contributed by atoms with Gasteiger partial charge in [-0.15, -0.1) is 0 Å². The number of carbonyl (C=O) groups excluding carboxylic acids is 1. The maximum absolute atomic E-state index is 12.8. The van der Waals surface area contributed by atoms with Gasteiger partial charge < -0.3 is 18.6 Å². The summed E-state index contributed by atoms with van der Waals surface area (Å²) in [6, 6.07) is 18.7. The van der Waals surface area contributed by atoms with Gasteiger partial charge in [-0.2, -0.15) is 0 Å². The van der Waals surface area contributed by atoms with Crippen molar-refractivity contribution < 1.29 is 23.4 Å². The lowest BCUT2D eigenvalue weighted by Crippen LogP contribution is -2.06. The normalized spacial score (nSPS) is 10.7. The van der Waals surface area contributed by atoms with E-state index in [0.29, 0.717) is 46.3 Å². The topological polar surface area (TPSA) is 75.0 Å². The molecule has 4 aromatic rings. The molecule has 0 aliphatic heterocycles. The van der Waals surface area contributed by atoms with Crippen molar-refractivity contribution >= 4 is 28.5 Å². The third kappa shape index (κ3) is 5.54. The SMILES string of the molecule is CCCOC(=O)c1ccc(Oc2coc3cc(OCc4ccc(Cl)cc4)ccc3c2=O)cc1. The lowest BCUT2D eigenvalue weighted by molar-refractivity contribution is 0.0505. The van der Waals surface area contributed by atoms with Crippen molar-refractivity contribution in [1.29, 1.82) is 0 Å². The summed E-state index contributed by atoms with van der Waals surface area (Å²) in [7, 11) is 0. The molecule has 0 N–H and O–H groups in total. The van der Waals surface area contributed by atoms with E-state index >= 15 is 0 Å². The lowest BCUT2D eigenvalue weighted by atomic mass is 10.2. The molecule has 0 aliphatic carbocycles. The summed E-state index contributed by atoms with van der Waals surface area (Å²) in [4.78, 5) is 24.7. The van der Waals surface area contributed by atoms with E-state index < -0.39 is 5.97 Å². The Labute approximate surface area is 195 Å². The Morgan fingerprint density at radius 1 is 0.970 bits per heavy atom. The molecule has 0 saturated carbocycles. The molecule has 1 heterocycles. The first kappa shape index (κ1) is 22.4. The summed E-state index contributed by atoms with van der Waals surface area (Å²) < 4.78 is 22.2. The molecule has 6 nitrogen and oxygen atoms in total. The number of halogens is 1. The van der Waals surface area contributed by atoms with E-state index in [0.717, 1.165) is 12.0 Å². The maximum Gasteiger partial charge on any atom is 0.338 e. The van der Waals surface area contributed by atoms with E-state index in [-0.39, 0.29) is 11.2 Å². The van der Waals surface area contributed by atoms with Gasteiger partial charge in [-0.1, -0.05) is 30.7 Å². The van der Waals surface area contributed by atoms with Gasteiger partial charge in [-0.05, 0) is 60.5 Å². The second kappa shape index (κ2) is 10.2. The average molecular weight is 465 g/mol. The zero-order chi connectivity index (χ0) is 23.2. The molecule has 7 heteroatoms. The van der Waals surface area contributed by atoms with Crippen molar-refractivity contribution in [3.8, 4) is 17.2 Å². The van der Waals surface area contributed by atoms with Gasteiger partial charge in [0.05, 0.1) is 17.6 Å². The van der Waals surface area contributed by atoms with Crippen LogP contribution in [0.4, 0.5) is 0 Å². The van der Waals surface area contributed by atoms with E-state index in [1.807, 2.05) is 19.1 Å². The van der Waals surface area contributed by atoms with Crippen molar-refractivity contribution in [1.82, 2.24) is 0 Å². The molecular formula is C26H21ClO6. The Morgan fingerprint density at radius 3 is 2.42 bits per heavy atom. The highest BCUT2D eigenvalue weighted by Gasteiger charge is 2.12. The smallest absolute Gasteiger partial charge is 0.338 e. The number of carbonyl (C=O) groups is 1. The zero-order valence-corrected chi connectivity index (χ0v) is 18.6. The van der Waals surface area contributed by atoms with Gasteiger partial charge in [0, 0.05) is 11.1 Å². The predicted octanol–water partition coefficient (Wildman–Crippen LogP) is 6.38. The van der Waals surface area contributed by atoms with E-state index in [1.54, 1.807) is 54.6 Å². The van der Waals surface area contributed by atoms with Gasteiger partial charge in [0.15, 0.2) is 0 Å². The number of hydrogen-bond donors (Lipinski definition) is 0. The van der Waals surface area contributed by atoms with Crippen LogP contribution in [0.3, 0.4) is 0 Å². The fourth-order valence-corrected chi connectivity index (χ4v) is 3.19. The Kier molecular flexibility index (Phi) is 6.95. The first-order valence-electron chi connectivity index (χ1n) is 10.4. The van der Waals surface area contributed by atoms with Crippen molar-refractivity contribution in [2.45, 2.75) is 20.0 Å². The van der Waals surface area contributed by atoms with E-state index in [2.05, 4.69) is 0 Å². The number of ether oxygens (including phenoxy) is 3. The lowest BCUT2D eigenvalue weighted by Gasteiger charge is -2.09. The Morgan fingerprint density at radius 2 is 1.70 bits per heavy atom. The number of rotatable bonds is 8. The predicted molar refractivity (Wildman–Crippen MR) is 125 cm³/mol. The highest BCUT2D eigenvalue weighted by Crippen LogP contribution is 2.25. The number of hydrogen-bond acceptors (Lipinski definition) is 6. The molecule has 0 bridgehead atoms. The quantitative estimate of drug-likeness (QED) is 0.281. The summed E-state index contributed by atoms with van der Waals surface area (Å²) in [6.07, 6.45) is 2.01. The van der Waals surface area contributed by atoms with Crippen LogP contribution >= 0.6 is 11.6 Å². The molecule has 0 saturated heterocycles. The van der Waals surface area contributed by atoms with Gasteiger partial charge >= 0.3 is 5.97 Å². The second-order valence-electron chi connectivity index (χ2n) is 7.26. The number of benzene rings is 3. The van der Waals surface area contributed by atoms with Crippen LogP contribution in [0, 0.1) is 0 Å². The van der Waals surface area contributed by atoms with Crippen LogP contribution < -0.4 is 14.9 Å². The van der Waals surface area contributed by atoms with E-state index in [1.165, 1.54) is 6.26 Å². The monoisotopic (exact) mass is 464 g/mol. The molecule has 0 radical (unpaired) electrons. The molecule has 0 aliphatic rings. The summed E-state index contributed by atoms with van der Waals surface area (Å²) >= 11 is 5.90. The fourth-order valence-electron chi connectivity index (χ4n) is 3.06. The van der Waals surface area contributed by atoms with Crippen LogP contribution in [0.2, 0.25) is 5.02 Å². The highest BCUT2D eigenvalue weighted by atomic mass is 35.5. The fraction of sp³-hybridized carbons (Fsp3) is 0.154. The second-order valence-corrected chi connectivity index (χ2v) is 7.70. The van der Waals surface area contributed by atoms with Crippen molar-refractivity contribution in [2.75, 3.05) is 6.61 Å². The van der Waals surface area contributed by atoms with Gasteiger partial charge in [0.1, 0.15) is 30.0 Å². The highest BCUT2D eigenvalue weighted by molar-refractivity contribution is 6.30. The molecule has 0 spiro atoms. The Bertz CT molecular complexity index is 1310. The van der Waals surface area contributed by atoms with Crippen LogP contribution in [0.5, 0.6) is 17.2 Å². The molecule has 3 aromatic carbocycles. The first-order valence-corrected chi connectivity index (χ1v) is 10.8. The summed E-state index contributed by atoms with van der Waals surface area (Å²) in [5.74, 6) is 0.609. The first-order chi connectivity index (χ1) is 16.0. The van der Waals surface area contributed by atoms with E-state index in [4.69, 9.17) is 30.2 Å². The maximum atomic E-state index is 12.8.